The summed E-state index contributed by atoms with van der Waals surface area (Å²) < 4.78 is 110. The van der Waals surface area contributed by atoms with Crippen molar-refractivity contribution in [1.29, 1.82) is 5.26 Å². The topological polar surface area (TPSA) is 100 Å². The third kappa shape index (κ3) is 7.82. The van der Waals surface area contributed by atoms with Crippen LogP contribution in [0.2, 0.25) is 5.02 Å². The summed E-state index contributed by atoms with van der Waals surface area (Å²) in [6.45, 7) is 0.145. The third-order valence-electron chi connectivity index (χ3n) is 5.32. The molecule has 0 saturated carbocycles. The zero-order chi connectivity index (χ0) is 39.7. The largest absolute Gasteiger partial charge is 0.494 e. The molecule has 8 nitrogen and oxygen atoms in total. The summed E-state index contributed by atoms with van der Waals surface area (Å²) in [4.78, 5) is 22.3. The second kappa shape index (κ2) is 13.8. The number of pyridine rings is 2. The summed E-state index contributed by atoms with van der Waals surface area (Å²) in [6.07, 6.45) is 1.35. The molecule has 0 aliphatic heterocycles. The van der Waals surface area contributed by atoms with Gasteiger partial charge in [0.15, 0.2) is 5.78 Å². The van der Waals surface area contributed by atoms with Gasteiger partial charge in [0.05, 0.1) is 46.4 Å². The van der Waals surface area contributed by atoms with E-state index in [-0.39, 0.29) is 70.6 Å². The van der Waals surface area contributed by atoms with Crippen LogP contribution in [0, 0.1) is 18.3 Å². The standard InChI is InChI=1S/C32H32ClN5O3/c1-5-40-31-17-29-27(15-22(31)14-26(39)10-7-13-38(3)4)32(23(18-34)19-35-29)37-24-11-12-30(28(33)16-24)41-20-25-9-6-8-21(2)36-25/h6-12,15-17,19H,5,13-14,20H2,1-4H3,(H,35,37)/b10-7+/i3D3,6D,8D,9D,11D,12D,15D,16D,17D,19D. The molecule has 9 heteroatoms. The van der Waals surface area contributed by atoms with Crippen molar-refractivity contribution < 1.29 is 30.7 Å². The Kier molecular flexibility index (Phi) is 5.83. The number of benzene rings is 2. The number of carbonyl (C=O) groups excluding carboxylic acids is 1. The van der Waals surface area contributed by atoms with E-state index in [1.807, 2.05) is 6.07 Å². The first kappa shape index (κ1) is 17.4. The Morgan fingerprint density at radius 3 is 2.88 bits per heavy atom. The third-order valence-corrected chi connectivity index (χ3v) is 5.59. The number of rotatable bonds is 12. The van der Waals surface area contributed by atoms with Gasteiger partial charge in [0, 0.05) is 51.6 Å². The van der Waals surface area contributed by atoms with Crippen molar-refractivity contribution in [2.75, 3.05) is 32.5 Å². The number of carbonyl (C=O) groups is 1. The lowest BCUT2D eigenvalue weighted by atomic mass is 10.0. The Bertz CT molecular complexity index is 2180. The van der Waals surface area contributed by atoms with Crippen LogP contribution in [0.5, 0.6) is 11.5 Å². The van der Waals surface area contributed by atoms with Gasteiger partial charge in [0.25, 0.3) is 0 Å². The van der Waals surface area contributed by atoms with Gasteiger partial charge in [0.1, 0.15) is 24.2 Å². The number of ether oxygens (including phenoxy) is 2. The number of likely N-dealkylation sites (N-methyl/N-ethyl adjacent to an activating group) is 1. The molecule has 0 aliphatic rings. The monoisotopic (exact) mass is 581 g/mol. The van der Waals surface area contributed by atoms with Gasteiger partial charge in [-0.15, -0.1) is 0 Å². The molecule has 0 unspecified atom stereocenters. The number of nitrogens with one attached hydrogen (secondary N) is 1. The predicted octanol–water partition coefficient (Wildman–Crippen LogP) is 6.41. The second-order valence-corrected chi connectivity index (χ2v) is 8.93. The van der Waals surface area contributed by atoms with Crippen LogP contribution in [0.4, 0.5) is 11.4 Å². The summed E-state index contributed by atoms with van der Waals surface area (Å²) in [6, 6.07) is -1.91. The second-order valence-electron chi connectivity index (χ2n) is 8.55. The lowest BCUT2D eigenvalue weighted by Crippen LogP contribution is -2.11. The van der Waals surface area contributed by atoms with Gasteiger partial charge < -0.3 is 19.7 Å². The van der Waals surface area contributed by atoms with Crippen LogP contribution in [-0.4, -0.2) is 47.8 Å². The van der Waals surface area contributed by atoms with Gasteiger partial charge in [-0.25, -0.2) is 0 Å². The van der Waals surface area contributed by atoms with E-state index >= 15 is 0 Å². The van der Waals surface area contributed by atoms with Crippen molar-refractivity contribution >= 4 is 39.7 Å². The molecule has 0 amide bonds. The van der Waals surface area contributed by atoms with Crippen molar-refractivity contribution in [1.82, 2.24) is 14.9 Å². The van der Waals surface area contributed by atoms with Gasteiger partial charge in [-0.1, -0.05) is 23.7 Å². The van der Waals surface area contributed by atoms with Gasteiger partial charge in [0.2, 0.25) is 0 Å². The predicted molar refractivity (Wildman–Crippen MR) is 162 cm³/mol. The Morgan fingerprint density at radius 2 is 2.10 bits per heavy atom. The van der Waals surface area contributed by atoms with E-state index < -0.39 is 84.2 Å². The molecule has 0 fully saturated rings. The molecule has 0 saturated heterocycles. The highest BCUT2D eigenvalue weighted by Gasteiger charge is 2.16. The first-order valence-corrected chi connectivity index (χ1v) is 12.7. The highest BCUT2D eigenvalue weighted by Crippen LogP contribution is 2.36. The van der Waals surface area contributed by atoms with Crippen LogP contribution in [0.15, 0.2) is 66.7 Å². The maximum Gasteiger partial charge on any atom is 0.159 e. The lowest BCUT2D eigenvalue weighted by Gasteiger charge is -2.16. The molecular weight excluding hydrogens is 538 g/mol. The first-order valence-electron chi connectivity index (χ1n) is 18.3. The van der Waals surface area contributed by atoms with Gasteiger partial charge in [-0.3, -0.25) is 14.8 Å². The number of aromatic nitrogens is 2. The molecule has 1 N–H and O–H groups in total. The Labute approximate surface area is 262 Å². The molecular formula is C32H32ClN5O3. The number of hydrogen-bond acceptors (Lipinski definition) is 8. The summed E-state index contributed by atoms with van der Waals surface area (Å²) in [5.74, 6) is -1.17. The van der Waals surface area contributed by atoms with Gasteiger partial charge >= 0.3 is 0 Å². The SMILES string of the molecule is [2H]c1nc2c([2H])c(OCC)c(CC(=O)/C=C/CN(C)C([2H])([2H])[2H])c([2H])c2c(Nc2c([2H])c([2H])c(OCc3nc(C)c([2H])c([2H])c3[2H])c(Cl)c2[2H])c1C#N. The Morgan fingerprint density at radius 1 is 1.24 bits per heavy atom. The Hall–Kier alpha value is -4.45. The van der Waals surface area contributed by atoms with Gasteiger partial charge in [-0.05, 0) is 70.2 Å². The number of allylic oxidation sites excluding steroid dienone is 1. The van der Waals surface area contributed by atoms with Crippen LogP contribution in [0.1, 0.15) is 45.9 Å². The Balaban J connectivity index is 1.85. The maximum absolute atomic E-state index is 13.1. The van der Waals surface area contributed by atoms with E-state index in [0.717, 1.165) is 11.0 Å². The number of hydrogen-bond donors (Lipinski definition) is 1. The molecule has 2 heterocycles. The number of ketones is 1. The summed E-state index contributed by atoms with van der Waals surface area (Å²) in [5, 5.41) is 12.1. The molecule has 210 valence electrons. The van der Waals surface area contributed by atoms with Crippen LogP contribution < -0.4 is 14.8 Å². The van der Waals surface area contributed by atoms with Crippen molar-refractivity contribution in [3.05, 3.63) is 94.2 Å². The molecule has 0 aliphatic carbocycles. The summed E-state index contributed by atoms with van der Waals surface area (Å²) >= 11 is 6.47. The summed E-state index contributed by atoms with van der Waals surface area (Å²) in [7, 11) is 1.35. The van der Waals surface area contributed by atoms with E-state index in [1.54, 1.807) is 6.92 Å². The molecule has 41 heavy (non-hydrogen) atoms. The molecule has 4 aromatic rings. The fourth-order valence-electron chi connectivity index (χ4n) is 3.56. The average molecular weight is 582 g/mol. The molecule has 4 rings (SSSR count). The number of aryl methyl sites for hydroxylation is 1. The van der Waals surface area contributed by atoms with Crippen molar-refractivity contribution in [3.8, 4) is 17.6 Å². The van der Waals surface area contributed by atoms with Crippen LogP contribution in [0.25, 0.3) is 10.9 Å². The highest BCUT2D eigenvalue weighted by atomic mass is 35.5. The molecule has 0 bridgehead atoms. The normalized spacial score (nSPS) is 15.6. The minimum Gasteiger partial charge on any atom is -0.494 e. The van der Waals surface area contributed by atoms with Crippen molar-refractivity contribution in [2.45, 2.75) is 26.9 Å². The quantitative estimate of drug-likeness (QED) is 0.191. The van der Waals surface area contributed by atoms with Crippen molar-refractivity contribution in [2.24, 2.45) is 0 Å². The van der Waals surface area contributed by atoms with E-state index in [0.29, 0.717) is 0 Å². The smallest absolute Gasteiger partial charge is 0.159 e. The molecule has 0 spiro atoms. The molecule has 0 radical (unpaired) electrons. The van der Waals surface area contributed by atoms with Crippen molar-refractivity contribution in [3.63, 3.8) is 0 Å². The van der Waals surface area contributed by atoms with E-state index in [2.05, 4.69) is 15.3 Å². The van der Waals surface area contributed by atoms with Crippen LogP contribution in [-0.2, 0) is 17.8 Å². The summed E-state index contributed by atoms with van der Waals surface area (Å²) in [5.41, 5.74) is -1.44. The number of anilines is 2. The fraction of sp³-hybridized carbons (Fsp3) is 0.250. The van der Waals surface area contributed by atoms with E-state index in [1.165, 1.54) is 20.0 Å². The van der Waals surface area contributed by atoms with Gasteiger partial charge in [-0.2, -0.15) is 5.26 Å². The number of halogens is 1. The number of nitriles is 1. The lowest BCUT2D eigenvalue weighted by molar-refractivity contribution is -0.114. The fourth-order valence-corrected chi connectivity index (χ4v) is 3.76. The average Bonchev–Trinajstić information content (AvgIpc) is 3.10. The van der Waals surface area contributed by atoms with E-state index in [9.17, 15) is 10.1 Å². The van der Waals surface area contributed by atoms with E-state index in [4.69, 9.17) is 37.5 Å². The van der Waals surface area contributed by atoms with Crippen LogP contribution in [0.3, 0.4) is 0 Å². The first-order chi connectivity index (χ1) is 24.8. The minimum atomic E-state index is -2.39. The van der Waals surface area contributed by atoms with Crippen LogP contribution >= 0.6 is 11.6 Å². The zero-order valence-electron chi connectivity index (χ0n) is 34.4. The maximum atomic E-state index is 13.1. The number of fused-ring (bicyclic) bond motifs is 1. The zero-order valence-corrected chi connectivity index (χ0v) is 23.1. The molecule has 0 atom stereocenters. The number of nitrogens with zero attached hydrogens (tertiary/aromatic N) is 4. The molecule has 2 aromatic carbocycles. The minimum absolute atomic E-state index is 0.0224. The highest BCUT2D eigenvalue weighted by molar-refractivity contribution is 6.32. The molecule has 2 aromatic heterocycles.